The topological polar surface area (TPSA) is 78.9 Å². The smallest absolute Gasteiger partial charge is 0.306 e. The van der Waals surface area contributed by atoms with Gasteiger partial charge in [0.1, 0.15) is 13.2 Å². The molecule has 0 aliphatic rings. The van der Waals surface area contributed by atoms with Crippen LogP contribution in [0, 0.1) is 0 Å². The predicted molar refractivity (Wildman–Crippen MR) is 288 cm³/mol. The highest BCUT2D eigenvalue weighted by Gasteiger charge is 2.19. The molecular weight excluding hydrogens is 829 g/mol. The van der Waals surface area contributed by atoms with Gasteiger partial charge in [-0.15, -0.1) is 0 Å². The number of allylic oxidation sites excluding steroid dienone is 14. The van der Waals surface area contributed by atoms with Gasteiger partial charge in [-0.1, -0.05) is 228 Å². The summed E-state index contributed by atoms with van der Waals surface area (Å²) in [7, 11) is 0. The zero-order chi connectivity index (χ0) is 48.6. The number of unbranched alkanes of at least 4 members (excludes halogenated alkanes) is 25. The second kappa shape index (κ2) is 55.2. The Kier molecular flexibility index (Phi) is 52.4. The van der Waals surface area contributed by atoms with Crippen LogP contribution in [-0.2, 0) is 28.6 Å². The van der Waals surface area contributed by atoms with Crippen molar-refractivity contribution in [2.75, 3.05) is 13.2 Å². The Labute approximate surface area is 414 Å². The van der Waals surface area contributed by atoms with Crippen molar-refractivity contribution in [2.45, 2.75) is 271 Å². The first-order valence-corrected chi connectivity index (χ1v) is 28.1. The summed E-state index contributed by atoms with van der Waals surface area (Å²) in [6.45, 7) is 6.54. The molecule has 6 nitrogen and oxygen atoms in total. The van der Waals surface area contributed by atoms with Crippen LogP contribution in [0.2, 0.25) is 0 Å². The van der Waals surface area contributed by atoms with Crippen LogP contribution < -0.4 is 0 Å². The maximum Gasteiger partial charge on any atom is 0.306 e. The van der Waals surface area contributed by atoms with E-state index >= 15 is 0 Å². The molecule has 0 amide bonds. The molecule has 0 aliphatic heterocycles. The van der Waals surface area contributed by atoms with E-state index in [1.165, 1.54) is 116 Å². The molecule has 6 heteroatoms. The number of carbonyl (C=O) groups excluding carboxylic acids is 3. The van der Waals surface area contributed by atoms with E-state index in [2.05, 4.69) is 106 Å². The minimum absolute atomic E-state index is 0.0946. The third kappa shape index (κ3) is 53.4. The van der Waals surface area contributed by atoms with Crippen molar-refractivity contribution in [1.29, 1.82) is 0 Å². The summed E-state index contributed by atoms with van der Waals surface area (Å²) in [4.78, 5) is 38.1. The van der Waals surface area contributed by atoms with Crippen LogP contribution in [0.15, 0.2) is 85.1 Å². The van der Waals surface area contributed by atoms with Crippen LogP contribution in [-0.4, -0.2) is 37.2 Å². The average molecular weight is 933 g/mol. The first-order valence-electron chi connectivity index (χ1n) is 28.1. The van der Waals surface area contributed by atoms with E-state index in [0.29, 0.717) is 19.3 Å². The van der Waals surface area contributed by atoms with Gasteiger partial charge in [0, 0.05) is 19.3 Å². The molecule has 1 atom stereocenters. The van der Waals surface area contributed by atoms with Gasteiger partial charge in [0.05, 0.1) is 0 Å². The molecule has 0 rings (SSSR count). The highest BCUT2D eigenvalue weighted by molar-refractivity contribution is 5.71. The number of hydrogen-bond donors (Lipinski definition) is 0. The minimum Gasteiger partial charge on any atom is -0.462 e. The lowest BCUT2D eigenvalue weighted by Gasteiger charge is -2.18. The lowest BCUT2D eigenvalue weighted by molar-refractivity contribution is -0.167. The van der Waals surface area contributed by atoms with Crippen molar-refractivity contribution >= 4 is 17.9 Å². The summed E-state index contributed by atoms with van der Waals surface area (Å²) >= 11 is 0. The molecule has 0 saturated carbocycles. The molecule has 0 unspecified atom stereocenters. The van der Waals surface area contributed by atoms with E-state index in [9.17, 15) is 14.4 Å². The van der Waals surface area contributed by atoms with Crippen LogP contribution in [0.3, 0.4) is 0 Å². The number of hydrogen-bond acceptors (Lipinski definition) is 6. The van der Waals surface area contributed by atoms with Crippen LogP contribution in [0.1, 0.15) is 265 Å². The number of rotatable bonds is 50. The summed E-state index contributed by atoms with van der Waals surface area (Å²) in [5.74, 6) is -0.944. The molecule has 0 bridgehead atoms. The average Bonchev–Trinajstić information content (AvgIpc) is 3.33. The lowest BCUT2D eigenvalue weighted by atomic mass is 10.0. The quantitative estimate of drug-likeness (QED) is 0.0262. The Morgan fingerprint density at radius 2 is 0.537 bits per heavy atom. The molecule has 0 heterocycles. The Hall–Kier alpha value is -3.41. The van der Waals surface area contributed by atoms with Crippen molar-refractivity contribution < 1.29 is 28.6 Å². The molecule has 0 fully saturated rings. The third-order valence-electron chi connectivity index (χ3n) is 11.9. The maximum absolute atomic E-state index is 12.8. The standard InChI is InChI=1S/C61H104O6/c1-4-7-10-13-16-19-22-25-27-29-30-32-33-36-39-42-45-48-51-54-60(63)66-57-58(56-65-59(62)53-50-47-44-41-38-35-24-21-18-15-12-9-6-3)67-61(64)55-52-49-46-43-40-37-34-31-28-26-23-20-17-14-11-8-5-2/h16-17,19-20,25-28,30,32,34,36-37,39,58H,4-15,18,21-24,29,31,33,35,38,40-57H2,1-3H3/b19-16-,20-17-,27-25-,28-26-,32-30-,37-34-,39-36-/t58-/m1/s1. The molecule has 0 aromatic rings. The monoisotopic (exact) mass is 933 g/mol. The first kappa shape index (κ1) is 63.6. The molecule has 0 spiro atoms. The Balaban J connectivity index is 4.48. The van der Waals surface area contributed by atoms with Gasteiger partial charge in [0.15, 0.2) is 6.10 Å². The van der Waals surface area contributed by atoms with Crippen molar-refractivity contribution in [3.63, 3.8) is 0 Å². The van der Waals surface area contributed by atoms with Gasteiger partial charge in [-0.3, -0.25) is 14.4 Å². The second-order valence-electron chi connectivity index (χ2n) is 18.5. The van der Waals surface area contributed by atoms with Crippen molar-refractivity contribution in [3.05, 3.63) is 85.1 Å². The predicted octanol–water partition coefficient (Wildman–Crippen LogP) is 18.8. The molecular formula is C61H104O6. The fourth-order valence-electron chi connectivity index (χ4n) is 7.61. The summed E-state index contributed by atoms with van der Waals surface area (Å²) < 4.78 is 16.8. The zero-order valence-corrected chi connectivity index (χ0v) is 43.9. The van der Waals surface area contributed by atoms with Gasteiger partial charge in [0.2, 0.25) is 0 Å². The minimum atomic E-state index is -0.800. The van der Waals surface area contributed by atoms with E-state index < -0.39 is 6.10 Å². The summed E-state index contributed by atoms with van der Waals surface area (Å²) in [6.07, 6.45) is 71.3. The molecule has 0 saturated heterocycles. The molecule has 0 aromatic carbocycles. The number of esters is 3. The number of ether oxygens (including phenoxy) is 3. The summed E-state index contributed by atoms with van der Waals surface area (Å²) in [5.41, 5.74) is 0. The Morgan fingerprint density at radius 3 is 0.881 bits per heavy atom. The fourth-order valence-corrected chi connectivity index (χ4v) is 7.61. The Bertz CT molecular complexity index is 1300. The third-order valence-corrected chi connectivity index (χ3v) is 11.9. The van der Waals surface area contributed by atoms with Gasteiger partial charge in [-0.05, 0) is 103 Å². The van der Waals surface area contributed by atoms with Gasteiger partial charge in [-0.25, -0.2) is 0 Å². The van der Waals surface area contributed by atoms with Gasteiger partial charge >= 0.3 is 17.9 Å². The van der Waals surface area contributed by atoms with Crippen LogP contribution in [0.5, 0.6) is 0 Å². The van der Waals surface area contributed by atoms with Gasteiger partial charge in [-0.2, -0.15) is 0 Å². The molecule has 0 radical (unpaired) electrons. The van der Waals surface area contributed by atoms with E-state index in [1.54, 1.807) is 0 Å². The largest absolute Gasteiger partial charge is 0.462 e. The van der Waals surface area contributed by atoms with Gasteiger partial charge < -0.3 is 14.2 Å². The molecule has 0 aromatic heterocycles. The van der Waals surface area contributed by atoms with E-state index in [0.717, 1.165) is 109 Å². The van der Waals surface area contributed by atoms with E-state index in [1.807, 2.05) is 0 Å². The maximum atomic E-state index is 12.8. The highest BCUT2D eigenvalue weighted by Crippen LogP contribution is 2.15. The summed E-state index contributed by atoms with van der Waals surface area (Å²) in [6, 6.07) is 0. The van der Waals surface area contributed by atoms with Gasteiger partial charge in [0.25, 0.3) is 0 Å². The fraction of sp³-hybridized carbons (Fsp3) is 0.721. The number of carbonyl (C=O) groups is 3. The van der Waals surface area contributed by atoms with Crippen molar-refractivity contribution in [2.24, 2.45) is 0 Å². The van der Waals surface area contributed by atoms with E-state index in [-0.39, 0.29) is 31.1 Å². The van der Waals surface area contributed by atoms with Crippen LogP contribution >= 0.6 is 0 Å². The molecule has 0 aliphatic carbocycles. The normalized spacial score (nSPS) is 12.7. The Morgan fingerprint density at radius 1 is 0.299 bits per heavy atom. The second-order valence-corrected chi connectivity index (χ2v) is 18.5. The van der Waals surface area contributed by atoms with Crippen LogP contribution in [0.4, 0.5) is 0 Å². The zero-order valence-electron chi connectivity index (χ0n) is 43.9. The highest BCUT2D eigenvalue weighted by atomic mass is 16.6. The van der Waals surface area contributed by atoms with Crippen LogP contribution in [0.25, 0.3) is 0 Å². The van der Waals surface area contributed by atoms with Crippen molar-refractivity contribution in [1.82, 2.24) is 0 Å². The van der Waals surface area contributed by atoms with Crippen molar-refractivity contribution in [3.8, 4) is 0 Å². The lowest BCUT2D eigenvalue weighted by Crippen LogP contribution is -2.30. The molecule has 384 valence electrons. The molecule has 0 N–H and O–H groups in total. The van der Waals surface area contributed by atoms with E-state index in [4.69, 9.17) is 14.2 Å². The summed E-state index contributed by atoms with van der Waals surface area (Å²) in [5, 5.41) is 0. The molecule has 67 heavy (non-hydrogen) atoms. The SMILES string of the molecule is CCCCC/C=C\C/C=C\C/C=C\C/C=C\CCCCCC(=O)OC[C@@H](COC(=O)CCCCCCCCCCCCCCC)OC(=O)CCCCCC/C=C\C/C=C\C/C=C\CCCCC. The first-order chi connectivity index (χ1) is 33.0.